The molecule has 0 fully saturated rings. The van der Waals surface area contributed by atoms with E-state index in [2.05, 4.69) is 193 Å². The number of benzene rings is 9. The van der Waals surface area contributed by atoms with Crippen LogP contribution in [0.25, 0.3) is 54.6 Å². The van der Waals surface area contributed by atoms with Crippen molar-refractivity contribution in [2.75, 3.05) is 4.90 Å². The zero-order valence-electron chi connectivity index (χ0n) is 29.2. The first-order chi connectivity index (χ1) is 26.8. The first kappa shape index (κ1) is 29.5. The van der Waals surface area contributed by atoms with Crippen LogP contribution >= 0.6 is 0 Å². The molecule has 1 aliphatic heterocycles. The second-order valence-corrected chi connectivity index (χ2v) is 14.4. The maximum Gasteiger partial charge on any atom is 0.137 e. The molecule has 2 heterocycles. The van der Waals surface area contributed by atoms with Gasteiger partial charge in [0, 0.05) is 44.7 Å². The Kier molecular flexibility index (Phi) is 5.98. The lowest BCUT2D eigenvalue weighted by molar-refractivity contribution is 0.435. The van der Waals surface area contributed by atoms with E-state index in [-0.39, 0.29) is 0 Å². The van der Waals surface area contributed by atoms with Gasteiger partial charge in [-0.25, -0.2) is 0 Å². The van der Waals surface area contributed by atoms with Crippen molar-refractivity contribution >= 4 is 60.5 Å². The number of rotatable bonds is 3. The SMILES string of the molecule is c1ccc(N(c2ccc3c(c2)oc2cc4ccccc4cc23)c2ccc3c4c(cccc24)C2(c4ccccc4Oc4ccccc42)c2ccccc2-3)cc1. The molecule has 0 amide bonds. The predicted octanol–water partition coefficient (Wildman–Crippen LogP) is 13.8. The standard InChI is InChI=1S/C51H31NO2/c1-2-15-34(16-3-1)52(35-25-26-37-40-29-32-13-4-5-14-33(32)30-48(40)54-49(37)31-35)45-28-27-38-36-17-6-7-19-41(36)51(44-22-12-18-39(45)50(38)44)42-20-8-10-23-46(42)53-47-24-11-9-21-43(47)51/h1-31H. The van der Waals surface area contributed by atoms with Gasteiger partial charge < -0.3 is 14.1 Å². The minimum absolute atomic E-state index is 0.582. The van der Waals surface area contributed by atoms with Gasteiger partial charge in [-0.05, 0) is 93.0 Å². The van der Waals surface area contributed by atoms with Crippen molar-refractivity contribution in [2.45, 2.75) is 5.41 Å². The average Bonchev–Trinajstić information content (AvgIpc) is 3.59. The molecule has 3 nitrogen and oxygen atoms in total. The highest BCUT2D eigenvalue weighted by atomic mass is 16.5. The number of furan rings is 1. The first-order valence-corrected chi connectivity index (χ1v) is 18.5. The second kappa shape index (κ2) is 11.0. The second-order valence-electron chi connectivity index (χ2n) is 14.4. The Morgan fingerprint density at radius 1 is 0.389 bits per heavy atom. The third-order valence-corrected chi connectivity index (χ3v) is 11.7. The summed E-state index contributed by atoms with van der Waals surface area (Å²) in [5.41, 5.74) is 11.7. The average molecular weight is 690 g/mol. The Labute approximate surface area is 311 Å². The lowest BCUT2D eigenvalue weighted by Crippen LogP contribution is -2.36. The van der Waals surface area contributed by atoms with Crippen LogP contribution in [0.4, 0.5) is 17.1 Å². The van der Waals surface area contributed by atoms with Gasteiger partial charge in [0.2, 0.25) is 0 Å². The Morgan fingerprint density at radius 3 is 1.83 bits per heavy atom. The highest BCUT2D eigenvalue weighted by Gasteiger charge is 2.49. The van der Waals surface area contributed by atoms with Gasteiger partial charge in [0.1, 0.15) is 22.7 Å². The molecule has 0 saturated carbocycles. The zero-order chi connectivity index (χ0) is 35.4. The van der Waals surface area contributed by atoms with Crippen molar-refractivity contribution in [2.24, 2.45) is 0 Å². The van der Waals surface area contributed by atoms with Crippen molar-refractivity contribution in [3.63, 3.8) is 0 Å². The quantitative estimate of drug-likeness (QED) is 0.185. The van der Waals surface area contributed by atoms with Crippen LogP contribution in [0.2, 0.25) is 0 Å². The molecule has 0 atom stereocenters. The number of hydrogen-bond acceptors (Lipinski definition) is 3. The van der Waals surface area contributed by atoms with Crippen molar-refractivity contribution in [1.82, 2.24) is 0 Å². The molecular weight excluding hydrogens is 659 g/mol. The molecule has 12 rings (SSSR count). The van der Waals surface area contributed by atoms with E-state index in [0.717, 1.165) is 61.6 Å². The lowest BCUT2D eigenvalue weighted by Gasteiger charge is -2.45. The number of para-hydroxylation sites is 3. The van der Waals surface area contributed by atoms with Gasteiger partial charge in [0.25, 0.3) is 0 Å². The fraction of sp³-hybridized carbons (Fsp3) is 0.0196. The van der Waals surface area contributed by atoms with Gasteiger partial charge in [0.05, 0.1) is 11.1 Å². The monoisotopic (exact) mass is 689 g/mol. The molecule has 3 heteroatoms. The van der Waals surface area contributed by atoms with Gasteiger partial charge in [-0.2, -0.15) is 0 Å². The highest BCUT2D eigenvalue weighted by molar-refractivity contribution is 6.13. The fourth-order valence-corrected chi connectivity index (χ4v) is 9.48. The summed E-state index contributed by atoms with van der Waals surface area (Å²) >= 11 is 0. The van der Waals surface area contributed by atoms with Crippen LogP contribution in [0.1, 0.15) is 22.3 Å². The third-order valence-electron chi connectivity index (χ3n) is 11.7. The number of anilines is 3. The predicted molar refractivity (Wildman–Crippen MR) is 221 cm³/mol. The molecule has 252 valence electrons. The topological polar surface area (TPSA) is 25.6 Å². The zero-order valence-corrected chi connectivity index (χ0v) is 29.2. The van der Waals surface area contributed by atoms with E-state index < -0.39 is 5.41 Å². The van der Waals surface area contributed by atoms with Gasteiger partial charge in [-0.1, -0.05) is 127 Å². The molecule has 0 N–H and O–H groups in total. The van der Waals surface area contributed by atoms with Crippen LogP contribution in [0.3, 0.4) is 0 Å². The largest absolute Gasteiger partial charge is 0.457 e. The minimum atomic E-state index is -0.582. The Hall–Kier alpha value is -7.10. The van der Waals surface area contributed by atoms with E-state index >= 15 is 0 Å². The summed E-state index contributed by atoms with van der Waals surface area (Å²) in [6.45, 7) is 0. The molecule has 0 unspecified atom stereocenters. The van der Waals surface area contributed by atoms with Crippen molar-refractivity contribution < 1.29 is 9.15 Å². The Balaban J connectivity index is 1.15. The normalized spacial score (nSPS) is 13.5. The molecule has 0 bridgehead atoms. The molecule has 1 spiro atoms. The molecule has 10 aromatic rings. The van der Waals surface area contributed by atoms with E-state index in [4.69, 9.17) is 9.15 Å². The maximum absolute atomic E-state index is 6.64. The molecule has 1 aromatic heterocycles. The summed E-state index contributed by atoms with van der Waals surface area (Å²) in [5, 5.41) is 7.05. The summed E-state index contributed by atoms with van der Waals surface area (Å²) in [6.07, 6.45) is 0. The summed E-state index contributed by atoms with van der Waals surface area (Å²) in [7, 11) is 0. The van der Waals surface area contributed by atoms with E-state index in [1.807, 2.05) is 0 Å². The summed E-state index contributed by atoms with van der Waals surface area (Å²) in [6, 6.07) is 67.7. The van der Waals surface area contributed by atoms with Crippen molar-refractivity contribution in [3.05, 3.63) is 210 Å². The number of nitrogens with zero attached hydrogens (tertiary/aromatic N) is 1. The molecular formula is C51H31NO2. The van der Waals surface area contributed by atoms with Gasteiger partial charge in [-0.15, -0.1) is 0 Å². The molecule has 9 aromatic carbocycles. The van der Waals surface area contributed by atoms with E-state index in [1.165, 1.54) is 43.8 Å². The van der Waals surface area contributed by atoms with E-state index in [0.29, 0.717) is 0 Å². The van der Waals surface area contributed by atoms with Crippen LogP contribution in [0, 0.1) is 0 Å². The van der Waals surface area contributed by atoms with Gasteiger partial charge >= 0.3 is 0 Å². The van der Waals surface area contributed by atoms with Gasteiger partial charge in [0.15, 0.2) is 0 Å². The highest BCUT2D eigenvalue weighted by Crippen LogP contribution is 2.61. The van der Waals surface area contributed by atoms with Gasteiger partial charge in [-0.3, -0.25) is 0 Å². The van der Waals surface area contributed by atoms with Crippen LogP contribution in [0.15, 0.2) is 192 Å². The lowest BCUT2D eigenvalue weighted by atomic mass is 9.58. The maximum atomic E-state index is 6.64. The molecule has 1 aliphatic carbocycles. The summed E-state index contributed by atoms with van der Waals surface area (Å²) in [4.78, 5) is 2.38. The summed E-state index contributed by atoms with van der Waals surface area (Å²) in [5.74, 6) is 1.78. The molecule has 0 saturated heterocycles. The van der Waals surface area contributed by atoms with E-state index in [9.17, 15) is 0 Å². The first-order valence-electron chi connectivity index (χ1n) is 18.5. The van der Waals surface area contributed by atoms with Crippen molar-refractivity contribution in [3.8, 4) is 22.6 Å². The molecule has 2 aliphatic rings. The Morgan fingerprint density at radius 2 is 1.04 bits per heavy atom. The summed E-state index contributed by atoms with van der Waals surface area (Å²) < 4.78 is 13.3. The minimum Gasteiger partial charge on any atom is -0.457 e. The third kappa shape index (κ3) is 3.90. The van der Waals surface area contributed by atoms with Crippen LogP contribution in [0.5, 0.6) is 11.5 Å². The van der Waals surface area contributed by atoms with Crippen LogP contribution < -0.4 is 9.64 Å². The Bertz CT molecular complexity index is 3110. The number of ether oxygens (including phenoxy) is 1. The number of hydrogen-bond donors (Lipinski definition) is 0. The van der Waals surface area contributed by atoms with Crippen LogP contribution in [-0.2, 0) is 5.41 Å². The van der Waals surface area contributed by atoms with E-state index in [1.54, 1.807) is 0 Å². The molecule has 54 heavy (non-hydrogen) atoms. The van der Waals surface area contributed by atoms with Crippen LogP contribution in [-0.4, -0.2) is 0 Å². The van der Waals surface area contributed by atoms with Crippen molar-refractivity contribution in [1.29, 1.82) is 0 Å². The number of fused-ring (bicyclic) bond motifs is 12. The molecule has 0 radical (unpaired) electrons. The smallest absolute Gasteiger partial charge is 0.137 e. The fourth-order valence-electron chi connectivity index (χ4n) is 9.48.